The van der Waals surface area contributed by atoms with Crippen LogP contribution in [0, 0.1) is 0 Å². The van der Waals surface area contributed by atoms with Gasteiger partial charge in [-0.2, -0.15) is 13.2 Å². The molecule has 0 aliphatic carbocycles. The van der Waals surface area contributed by atoms with Gasteiger partial charge in [-0.15, -0.1) is 0 Å². The second kappa shape index (κ2) is 5.79. The summed E-state index contributed by atoms with van der Waals surface area (Å²) in [6.45, 7) is 0.516. The standard InChI is InChI=1S/C17H12F3NO2/c18-17(19,20)13-6-4-12(5-7-13)16(22)23-15-3-1-2-11-8-9-21-10-14(11)15/h1-9,21H,10H2. The number of carbonyl (C=O) groups excluding carboxylic acids is 1. The van der Waals surface area contributed by atoms with Gasteiger partial charge >= 0.3 is 12.1 Å². The van der Waals surface area contributed by atoms with E-state index in [2.05, 4.69) is 5.32 Å². The van der Waals surface area contributed by atoms with Crippen molar-refractivity contribution in [3.05, 3.63) is 70.9 Å². The molecule has 0 atom stereocenters. The van der Waals surface area contributed by atoms with E-state index in [1.165, 1.54) is 0 Å². The zero-order chi connectivity index (χ0) is 16.4. The number of rotatable bonds is 2. The maximum absolute atomic E-state index is 12.5. The Morgan fingerprint density at radius 2 is 1.83 bits per heavy atom. The fourth-order valence-electron chi connectivity index (χ4n) is 2.29. The van der Waals surface area contributed by atoms with Crippen LogP contribution in [0.2, 0.25) is 0 Å². The van der Waals surface area contributed by atoms with Crippen LogP contribution in [0.3, 0.4) is 0 Å². The van der Waals surface area contributed by atoms with E-state index >= 15 is 0 Å². The molecular formula is C17H12F3NO2. The average molecular weight is 319 g/mol. The molecule has 3 rings (SSSR count). The van der Waals surface area contributed by atoms with Crippen molar-refractivity contribution in [2.45, 2.75) is 12.7 Å². The first kappa shape index (κ1) is 15.1. The Labute approximate surface area is 130 Å². The number of benzene rings is 2. The Morgan fingerprint density at radius 3 is 2.52 bits per heavy atom. The minimum Gasteiger partial charge on any atom is -0.423 e. The Hall–Kier alpha value is -2.76. The second-order valence-corrected chi connectivity index (χ2v) is 5.00. The Morgan fingerprint density at radius 1 is 1.09 bits per heavy atom. The van der Waals surface area contributed by atoms with Gasteiger partial charge in [-0.05, 0) is 48.2 Å². The van der Waals surface area contributed by atoms with Crippen LogP contribution in [0.4, 0.5) is 13.2 Å². The molecule has 0 fully saturated rings. The number of fused-ring (bicyclic) bond motifs is 1. The fourth-order valence-corrected chi connectivity index (χ4v) is 2.29. The summed E-state index contributed by atoms with van der Waals surface area (Å²) in [5.41, 5.74) is 1.02. The summed E-state index contributed by atoms with van der Waals surface area (Å²) >= 11 is 0. The number of nitrogens with one attached hydrogen (secondary N) is 1. The van der Waals surface area contributed by atoms with Crippen molar-refractivity contribution in [1.82, 2.24) is 5.32 Å². The van der Waals surface area contributed by atoms with E-state index in [9.17, 15) is 18.0 Å². The maximum Gasteiger partial charge on any atom is 0.416 e. The van der Waals surface area contributed by atoms with Gasteiger partial charge in [0.1, 0.15) is 5.75 Å². The number of halogens is 3. The van der Waals surface area contributed by atoms with Crippen molar-refractivity contribution < 1.29 is 22.7 Å². The van der Waals surface area contributed by atoms with Crippen LogP contribution in [-0.4, -0.2) is 5.97 Å². The molecule has 2 aromatic rings. The van der Waals surface area contributed by atoms with Gasteiger partial charge in [-0.1, -0.05) is 12.1 Å². The third-order valence-corrected chi connectivity index (χ3v) is 3.48. The predicted octanol–water partition coefficient (Wildman–Crippen LogP) is 4.00. The second-order valence-electron chi connectivity index (χ2n) is 5.00. The van der Waals surface area contributed by atoms with Gasteiger partial charge < -0.3 is 10.1 Å². The quantitative estimate of drug-likeness (QED) is 0.672. The van der Waals surface area contributed by atoms with E-state index in [1.54, 1.807) is 18.3 Å². The highest BCUT2D eigenvalue weighted by Crippen LogP contribution is 2.30. The number of hydrogen-bond donors (Lipinski definition) is 1. The van der Waals surface area contributed by atoms with Gasteiger partial charge in [0.05, 0.1) is 11.1 Å². The molecule has 1 N–H and O–H groups in total. The van der Waals surface area contributed by atoms with Crippen molar-refractivity contribution in [1.29, 1.82) is 0 Å². The smallest absolute Gasteiger partial charge is 0.416 e. The van der Waals surface area contributed by atoms with Crippen LogP contribution in [0.5, 0.6) is 5.75 Å². The predicted molar refractivity (Wildman–Crippen MR) is 78.7 cm³/mol. The van der Waals surface area contributed by atoms with Gasteiger partial charge in [0.2, 0.25) is 0 Å². The summed E-state index contributed by atoms with van der Waals surface area (Å²) in [4.78, 5) is 12.1. The van der Waals surface area contributed by atoms with Crippen LogP contribution in [0.15, 0.2) is 48.7 Å². The van der Waals surface area contributed by atoms with Crippen molar-refractivity contribution in [2.24, 2.45) is 0 Å². The lowest BCUT2D eigenvalue weighted by molar-refractivity contribution is -0.137. The Bertz CT molecular complexity index is 764. The van der Waals surface area contributed by atoms with Gasteiger partial charge in [-0.25, -0.2) is 4.79 Å². The minimum absolute atomic E-state index is 0.0647. The maximum atomic E-state index is 12.5. The summed E-state index contributed by atoms with van der Waals surface area (Å²) in [7, 11) is 0. The molecule has 0 radical (unpaired) electrons. The third kappa shape index (κ3) is 3.21. The number of alkyl halides is 3. The molecule has 0 bridgehead atoms. The molecule has 0 spiro atoms. The summed E-state index contributed by atoms with van der Waals surface area (Å²) < 4.78 is 42.9. The molecule has 1 aliphatic rings. The van der Waals surface area contributed by atoms with E-state index in [1.807, 2.05) is 12.1 Å². The monoisotopic (exact) mass is 319 g/mol. The van der Waals surface area contributed by atoms with Crippen LogP contribution in [0.1, 0.15) is 27.0 Å². The molecule has 0 aromatic heterocycles. The van der Waals surface area contributed by atoms with E-state index in [0.717, 1.165) is 35.4 Å². The van der Waals surface area contributed by atoms with E-state index < -0.39 is 17.7 Å². The van der Waals surface area contributed by atoms with Crippen LogP contribution >= 0.6 is 0 Å². The van der Waals surface area contributed by atoms with E-state index in [-0.39, 0.29) is 5.56 Å². The number of carbonyl (C=O) groups is 1. The summed E-state index contributed by atoms with van der Waals surface area (Å²) in [6.07, 6.45) is -0.781. The summed E-state index contributed by atoms with van der Waals surface area (Å²) in [5.74, 6) is -0.300. The molecule has 0 amide bonds. The fraction of sp³-hybridized carbons (Fsp3) is 0.118. The van der Waals surface area contributed by atoms with Gasteiger partial charge in [-0.3, -0.25) is 0 Å². The van der Waals surface area contributed by atoms with Crippen molar-refractivity contribution in [2.75, 3.05) is 0 Å². The van der Waals surface area contributed by atoms with Crippen LogP contribution in [0.25, 0.3) is 6.08 Å². The third-order valence-electron chi connectivity index (χ3n) is 3.48. The molecule has 3 nitrogen and oxygen atoms in total. The molecule has 0 unspecified atom stereocenters. The molecule has 0 saturated carbocycles. The van der Waals surface area contributed by atoms with Crippen molar-refractivity contribution in [3.63, 3.8) is 0 Å². The lowest BCUT2D eigenvalue weighted by Crippen LogP contribution is -2.15. The van der Waals surface area contributed by atoms with Gasteiger partial charge in [0.25, 0.3) is 0 Å². The molecule has 1 aliphatic heterocycles. The first-order chi connectivity index (χ1) is 10.9. The lowest BCUT2D eigenvalue weighted by atomic mass is 10.0. The molecule has 23 heavy (non-hydrogen) atoms. The molecule has 0 saturated heterocycles. The zero-order valence-electron chi connectivity index (χ0n) is 11.9. The minimum atomic E-state index is -4.43. The normalized spacial score (nSPS) is 13.2. The Kier molecular flexibility index (Phi) is 3.82. The van der Waals surface area contributed by atoms with Crippen LogP contribution < -0.4 is 10.1 Å². The number of hydrogen-bond acceptors (Lipinski definition) is 3. The van der Waals surface area contributed by atoms with Crippen LogP contribution in [-0.2, 0) is 12.7 Å². The lowest BCUT2D eigenvalue weighted by Gasteiger charge is -2.16. The molecule has 118 valence electrons. The molecule has 6 heteroatoms. The van der Waals surface area contributed by atoms with E-state index in [4.69, 9.17) is 4.74 Å². The summed E-state index contributed by atoms with van der Waals surface area (Å²) in [6, 6.07) is 9.24. The van der Waals surface area contributed by atoms with Crippen molar-refractivity contribution in [3.8, 4) is 5.75 Å². The highest BCUT2D eigenvalue weighted by atomic mass is 19.4. The largest absolute Gasteiger partial charge is 0.423 e. The highest BCUT2D eigenvalue weighted by molar-refractivity contribution is 5.91. The Balaban J connectivity index is 1.81. The zero-order valence-corrected chi connectivity index (χ0v) is 11.9. The number of esters is 1. The average Bonchev–Trinajstić information content (AvgIpc) is 2.54. The SMILES string of the molecule is O=C(Oc1cccc2c1CNC=C2)c1ccc(C(F)(F)F)cc1. The first-order valence-corrected chi connectivity index (χ1v) is 6.86. The summed E-state index contributed by atoms with van der Waals surface area (Å²) in [5, 5.41) is 3.02. The number of ether oxygens (including phenoxy) is 1. The topological polar surface area (TPSA) is 38.3 Å². The highest BCUT2D eigenvalue weighted by Gasteiger charge is 2.30. The van der Waals surface area contributed by atoms with Gasteiger partial charge in [0.15, 0.2) is 0 Å². The van der Waals surface area contributed by atoms with Gasteiger partial charge in [0, 0.05) is 12.1 Å². The first-order valence-electron chi connectivity index (χ1n) is 6.86. The molecule has 2 aromatic carbocycles. The van der Waals surface area contributed by atoms with Crippen molar-refractivity contribution >= 4 is 12.0 Å². The molecular weight excluding hydrogens is 307 g/mol. The molecule has 1 heterocycles. The van der Waals surface area contributed by atoms with E-state index in [0.29, 0.717) is 12.3 Å².